The van der Waals surface area contributed by atoms with E-state index in [4.69, 9.17) is 63.5 Å². The van der Waals surface area contributed by atoms with Crippen molar-refractivity contribution in [2.75, 3.05) is 109 Å². The number of nitrogen functional groups attached to an aromatic ring is 6. The van der Waals surface area contributed by atoms with Gasteiger partial charge in [-0.1, -0.05) is 65.5 Å². The van der Waals surface area contributed by atoms with E-state index in [1.807, 2.05) is 59.2 Å². The van der Waals surface area contributed by atoms with Crippen LogP contribution < -0.4 is 96.0 Å². The van der Waals surface area contributed by atoms with E-state index < -0.39 is 35.4 Å². The van der Waals surface area contributed by atoms with E-state index in [1.54, 1.807) is 84.2 Å². The molecule has 6 amide bonds. The number of carbonyl (C=O) groups excluding carboxylic acids is 6. The average Bonchev–Trinajstić information content (AvgIpc) is 0.819. The van der Waals surface area contributed by atoms with Crippen LogP contribution in [-0.2, 0) is 0 Å². The minimum atomic E-state index is -0.524. The van der Waals surface area contributed by atoms with Crippen LogP contribution in [0.15, 0.2) is 84.9 Å². The Labute approximate surface area is 602 Å². The Hall–Kier alpha value is -6.86. The third kappa shape index (κ3) is 31.6. The highest BCUT2D eigenvalue weighted by Gasteiger charge is 2.23. The van der Waals surface area contributed by atoms with E-state index in [1.165, 1.54) is 12.1 Å². The van der Waals surface area contributed by atoms with E-state index in [0.29, 0.717) is 96.0 Å². The maximum atomic E-state index is 12.2. The topological polar surface area (TPSA) is 386 Å². The van der Waals surface area contributed by atoms with Crippen molar-refractivity contribution in [3.05, 3.63) is 129 Å². The van der Waals surface area contributed by atoms with Crippen molar-refractivity contribution in [2.45, 2.75) is 80.1 Å². The van der Waals surface area contributed by atoms with Crippen LogP contribution in [0.25, 0.3) is 11.1 Å². The molecule has 98 heavy (non-hydrogen) atoms. The van der Waals surface area contributed by atoms with Crippen LogP contribution in [0.2, 0.25) is 0 Å². The molecule has 0 aromatic heterocycles. The van der Waals surface area contributed by atoms with Crippen molar-refractivity contribution >= 4 is 106 Å². The Morgan fingerprint density at radius 3 is 0.724 bits per heavy atom. The standard InChI is InChI=1S/C26H34N4O4S2.C24H34N4O4S2.C18H30N4O4S2/c1-3-35-15-5-13-33-23-17-19(9-11-21(23)25(31)29-27)7-8-20-10-12-22(26(32)30-28)24(18-20)34-14-6-16-36-4-2;1-3-33-13-5-11-31-21-15-17(7-9-19(21)23(29)27-25)18-8-10-20(24(30)28-26)22(16-18)32-12-6-14-34-4-2;1-3-27-9-5-7-25-15-11-14(18(24)22-20)16(12-13(15)17(23)21-19)26-8-6-10-28-4-2/h9-12,17-18H,3-6,13-16,27-28H2,1-2H3,(H,29,31)(H,30,32);7-10,15-16H,3-6,11-14,25-26H2,1-2H3,(H,27,29)(H,28,30);11-12H,3-10,19-20H2,1-2H3,(H,21,23)(H,22,24). The van der Waals surface area contributed by atoms with Crippen molar-refractivity contribution in [2.24, 2.45) is 35.1 Å². The molecule has 0 radical (unpaired) electrons. The lowest BCUT2D eigenvalue weighted by Crippen LogP contribution is -2.32. The first-order valence-electron chi connectivity index (χ1n) is 32.2. The maximum Gasteiger partial charge on any atom is 0.269 e. The minimum absolute atomic E-state index is 0.206. The van der Waals surface area contributed by atoms with Gasteiger partial charge in [0.15, 0.2) is 0 Å². The summed E-state index contributed by atoms with van der Waals surface area (Å²) in [5.41, 5.74) is 17.6. The number of hydrogen-bond donors (Lipinski definition) is 12. The molecular weight excluding hydrogens is 1370 g/mol. The smallest absolute Gasteiger partial charge is 0.269 e. The monoisotopic (exact) mass is 1470 g/mol. The van der Waals surface area contributed by atoms with Gasteiger partial charge in [0.25, 0.3) is 35.4 Å². The van der Waals surface area contributed by atoms with Crippen LogP contribution in [0, 0.1) is 11.8 Å². The zero-order valence-corrected chi connectivity index (χ0v) is 61.8. The van der Waals surface area contributed by atoms with E-state index >= 15 is 0 Å². The molecule has 0 aliphatic heterocycles. The first-order chi connectivity index (χ1) is 47.7. The van der Waals surface area contributed by atoms with Crippen LogP contribution >= 0.6 is 70.6 Å². The van der Waals surface area contributed by atoms with Gasteiger partial charge in [-0.3, -0.25) is 61.3 Å². The molecule has 5 aromatic rings. The second kappa shape index (κ2) is 52.2. The van der Waals surface area contributed by atoms with Gasteiger partial charge in [-0.15, -0.1) is 0 Å². The van der Waals surface area contributed by atoms with Gasteiger partial charge in [-0.25, -0.2) is 35.1 Å². The average molecular weight is 1470 g/mol. The van der Waals surface area contributed by atoms with Gasteiger partial charge in [0, 0.05) is 11.1 Å². The number of nitrogens with two attached hydrogens (primary N) is 6. The summed E-state index contributed by atoms with van der Waals surface area (Å²) >= 11 is 11.0. The summed E-state index contributed by atoms with van der Waals surface area (Å²) in [6.07, 6.45) is 5.08. The van der Waals surface area contributed by atoms with Crippen LogP contribution in [-0.4, -0.2) is 144 Å². The van der Waals surface area contributed by atoms with Gasteiger partial charge in [0.05, 0.1) is 73.0 Å². The van der Waals surface area contributed by atoms with Gasteiger partial charge in [0.1, 0.15) is 34.5 Å². The number of thioether (sulfide) groups is 6. The minimum Gasteiger partial charge on any atom is -0.493 e. The van der Waals surface area contributed by atoms with Crippen LogP contribution in [0.5, 0.6) is 34.5 Å². The van der Waals surface area contributed by atoms with Crippen molar-refractivity contribution < 1.29 is 57.2 Å². The number of hydrazine groups is 6. The lowest BCUT2D eigenvalue weighted by molar-refractivity contribution is 0.0934. The number of hydrogen-bond acceptors (Lipinski definition) is 24. The molecule has 0 aliphatic rings. The lowest BCUT2D eigenvalue weighted by Gasteiger charge is -2.16. The molecule has 0 atom stereocenters. The zero-order valence-electron chi connectivity index (χ0n) is 56.9. The fraction of sp³-hybridized carbons (Fsp3) is 0.441. The number of rotatable bonds is 43. The summed E-state index contributed by atoms with van der Waals surface area (Å²) in [5, 5.41) is 0. The highest BCUT2D eigenvalue weighted by molar-refractivity contribution is 8.00. The Morgan fingerprint density at radius 2 is 0.500 bits per heavy atom. The number of benzene rings is 5. The van der Waals surface area contributed by atoms with E-state index in [0.717, 1.165) is 119 Å². The van der Waals surface area contributed by atoms with Crippen molar-refractivity contribution in [1.29, 1.82) is 0 Å². The fourth-order valence-corrected chi connectivity index (χ4v) is 12.2. The molecule has 24 nitrogen and oxygen atoms in total. The Kier molecular flexibility index (Phi) is 45.5. The normalized spacial score (nSPS) is 10.4. The fourth-order valence-electron chi connectivity index (χ4n) is 8.52. The number of carbonyl (C=O) groups is 6. The number of nitrogens with one attached hydrogen (secondary N) is 6. The van der Waals surface area contributed by atoms with E-state index in [2.05, 4.69) is 85.9 Å². The van der Waals surface area contributed by atoms with Crippen LogP contribution in [0.4, 0.5) is 0 Å². The third-order valence-corrected chi connectivity index (χ3v) is 19.2. The van der Waals surface area contributed by atoms with Gasteiger partial charge in [-0.05, 0) is 191 Å². The van der Waals surface area contributed by atoms with Crippen LogP contribution in [0.3, 0.4) is 0 Å². The molecule has 0 bridgehead atoms. The molecule has 538 valence electrons. The second-order valence-corrected chi connectivity index (χ2v) is 28.5. The van der Waals surface area contributed by atoms with Crippen molar-refractivity contribution in [3.8, 4) is 57.5 Å². The van der Waals surface area contributed by atoms with Crippen LogP contribution in [0.1, 0.15) is 153 Å². The largest absolute Gasteiger partial charge is 0.493 e. The first kappa shape index (κ1) is 85.4. The SMILES string of the molecule is CCSCCCOc1cc(-c2ccc(C(=O)NN)c(OCCCSCC)c2)ccc1C(=O)NN.CCSCCCOc1cc(C#Cc2ccc(C(=O)NN)c(OCCCSCC)c2)ccc1C(=O)NN.CCSCCCOc1cc(C(=O)NN)c(OCCCSCC)cc1C(=O)NN. The summed E-state index contributed by atoms with van der Waals surface area (Å²) in [5.74, 6) is 49.7. The zero-order chi connectivity index (χ0) is 71.7. The highest BCUT2D eigenvalue weighted by Crippen LogP contribution is 2.33. The predicted octanol–water partition coefficient (Wildman–Crippen LogP) is 8.88. The van der Waals surface area contributed by atoms with E-state index in [9.17, 15) is 28.8 Å². The molecule has 0 heterocycles. The molecule has 5 aromatic carbocycles. The molecule has 0 spiro atoms. The van der Waals surface area contributed by atoms with Gasteiger partial charge in [-0.2, -0.15) is 70.6 Å². The number of ether oxygens (including phenoxy) is 6. The number of amides is 6. The van der Waals surface area contributed by atoms with Crippen molar-refractivity contribution in [1.82, 2.24) is 32.6 Å². The molecule has 0 unspecified atom stereocenters. The Balaban J connectivity index is 0.000000386. The molecule has 0 saturated heterocycles. The molecule has 30 heteroatoms. The van der Waals surface area contributed by atoms with Gasteiger partial charge in [0.2, 0.25) is 0 Å². The quantitative estimate of drug-likeness (QED) is 0.00569. The summed E-state index contributed by atoms with van der Waals surface area (Å²) in [4.78, 5) is 73.1. The Bertz CT molecular complexity index is 3100. The first-order valence-corrected chi connectivity index (χ1v) is 39.2. The Morgan fingerprint density at radius 1 is 0.296 bits per heavy atom. The van der Waals surface area contributed by atoms with E-state index in [-0.39, 0.29) is 22.6 Å². The van der Waals surface area contributed by atoms with Gasteiger partial charge >= 0.3 is 0 Å². The molecule has 0 saturated carbocycles. The molecule has 0 fully saturated rings. The second-order valence-electron chi connectivity index (χ2n) is 20.2. The third-order valence-electron chi connectivity index (χ3n) is 13.3. The van der Waals surface area contributed by atoms with Crippen molar-refractivity contribution in [3.63, 3.8) is 0 Å². The molecular formula is C68H98N12O12S6. The molecule has 5 rings (SSSR count). The van der Waals surface area contributed by atoms with Gasteiger partial charge < -0.3 is 28.4 Å². The molecule has 0 aliphatic carbocycles. The summed E-state index contributed by atoms with van der Waals surface area (Å²) in [6.45, 7) is 15.4. The summed E-state index contributed by atoms with van der Waals surface area (Å²) < 4.78 is 35.1. The lowest BCUT2D eigenvalue weighted by atomic mass is 10.0. The maximum absolute atomic E-state index is 12.2. The predicted molar refractivity (Wildman–Crippen MR) is 406 cm³/mol. The molecule has 18 N–H and O–H groups in total. The highest BCUT2D eigenvalue weighted by atomic mass is 32.2. The summed E-state index contributed by atoms with van der Waals surface area (Å²) in [7, 11) is 0. The summed E-state index contributed by atoms with van der Waals surface area (Å²) in [6, 6.07) is 23.7.